The van der Waals surface area contributed by atoms with Gasteiger partial charge in [-0.2, -0.15) is 0 Å². The molecule has 1 saturated carbocycles. The second-order valence-electron chi connectivity index (χ2n) is 9.21. The Hall–Kier alpha value is -2.96. The van der Waals surface area contributed by atoms with E-state index < -0.39 is 11.9 Å². The van der Waals surface area contributed by atoms with Gasteiger partial charge in [-0.25, -0.2) is 0 Å². The fraction of sp³-hybridized carbons (Fsp3) is 0.520. The van der Waals surface area contributed by atoms with E-state index in [-0.39, 0.29) is 11.3 Å². The van der Waals surface area contributed by atoms with Gasteiger partial charge in [0.05, 0.1) is 14.2 Å². The lowest BCUT2D eigenvalue weighted by Gasteiger charge is -2.41. The summed E-state index contributed by atoms with van der Waals surface area (Å²) in [7, 11) is 3.18. The summed E-state index contributed by atoms with van der Waals surface area (Å²) in [6.07, 6.45) is 10.5. The minimum absolute atomic E-state index is 0.00305. The maximum absolute atomic E-state index is 13.7. The van der Waals surface area contributed by atoms with Crippen molar-refractivity contribution in [2.75, 3.05) is 14.2 Å². The highest BCUT2D eigenvalue weighted by atomic mass is 16.5. The zero-order valence-electron chi connectivity index (χ0n) is 19.0. The summed E-state index contributed by atoms with van der Waals surface area (Å²) in [4.78, 5) is 27.7. The van der Waals surface area contributed by atoms with Crippen LogP contribution in [-0.2, 0) is 29.1 Å². The van der Waals surface area contributed by atoms with E-state index in [1.807, 2.05) is 24.3 Å². The number of ether oxygens (including phenoxy) is 2. The van der Waals surface area contributed by atoms with E-state index in [0.717, 1.165) is 43.4 Å². The van der Waals surface area contributed by atoms with Crippen LogP contribution in [-0.4, -0.2) is 41.5 Å². The molecule has 1 fully saturated rings. The van der Waals surface area contributed by atoms with Gasteiger partial charge in [0, 0.05) is 38.3 Å². The molecule has 2 aliphatic rings. The Kier molecular flexibility index (Phi) is 6.44. The number of primary amides is 1. The topological polar surface area (TPSA) is 86.8 Å². The lowest BCUT2D eigenvalue weighted by atomic mass is 9.71. The van der Waals surface area contributed by atoms with Crippen molar-refractivity contribution in [3.05, 3.63) is 47.8 Å². The number of benzene rings is 1. The van der Waals surface area contributed by atoms with Crippen molar-refractivity contribution in [3.8, 4) is 11.5 Å². The summed E-state index contributed by atoms with van der Waals surface area (Å²) in [5.41, 5.74) is 7.61. The van der Waals surface area contributed by atoms with Crippen molar-refractivity contribution in [1.82, 2.24) is 9.47 Å². The predicted octanol–water partition coefficient (Wildman–Crippen LogP) is 3.28. The van der Waals surface area contributed by atoms with Gasteiger partial charge in [0.15, 0.2) is 11.5 Å². The number of hydrogen-bond acceptors (Lipinski definition) is 4. The lowest BCUT2D eigenvalue weighted by molar-refractivity contribution is -0.143. The number of nitrogens with two attached hydrogens (primary N) is 1. The molecule has 2 aromatic rings. The lowest BCUT2D eigenvalue weighted by Crippen LogP contribution is -2.52. The Bertz CT molecular complexity index is 964. The molecule has 7 heteroatoms. The van der Waals surface area contributed by atoms with Crippen molar-refractivity contribution in [3.63, 3.8) is 0 Å². The molecule has 32 heavy (non-hydrogen) atoms. The molecule has 7 nitrogen and oxygen atoms in total. The number of amides is 2. The van der Waals surface area contributed by atoms with E-state index in [0.29, 0.717) is 30.9 Å². The van der Waals surface area contributed by atoms with Crippen LogP contribution in [0.5, 0.6) is 11.5 Å². The first kappa shape index (κ1) is 22.2. The number of carbonyl (C=O) groups is 2. The average Bonchev–Trinajstić information content (AvgIpc) is 3.30. The zero-order chi connectivity index (χ0) is 22.7. The summed E-state index contributed by atoms with van der Waals surface area (Å²) in [5, 5.41) is 0. The van der Waals surface area contributed by atoms with Crippen LogP contribution in [0.2, 0.25) is 0 Å². The molecule has 1 aliphatic carbocycles. The first-order chi connectivity index (χ1) is 15.4. The SMILES string of the molecule is COc1cc2c(cc1OC)CN(C(=O)CC1(Cn3cccc3)CCCCC1)[C@H](C(N)=O)C2. The molecule has 0 bridgehead atoms. The number of fused-ring (bicyclic) bond motifs is 1. The number of methoxy groups -OCH3 is 2. The van der Waals surface area contributed by atoms with Gasteiger partial charge in [0.1, 0.15) is 6.04 Å². The molecule has 172 valence electrons. The maximum atomic E-state index is 13.7. The Morgan fingerprint density at radius 1 is 1.03 bits per heavy atom. The van der Waals surface area contributed by atoms with Gasteiger partial charge >= 0.3 is 0 Å². The van der Waals surface area contributed by atoms with E-state index >= 15 is 0 Å². The highest BCUT2D eigenvalue weighted by Gasteiger charge is 2.40. The van der Waals surface area contributed by atoms with E-state index in [4.69, 9.17) is 15.2 Å². The molecule has 0 spiro atoms. The first-order valence-electron chi connectivity index (χ1n) is 11.4. The Morgan fingerprint density at radius 3 is 2.25 bits per heavy atom. The van der Waals surface area contributed by atoms with Crippen LogP contribution in [0.25, 0.3) is 0 Å². The normalized spacial score (nSPS) is 19.8. The van der Waals surface area contributed by atoms with Crippen LogP contribution >= 0.6 is 0 Å². The minimum atomic E-state index is -0.652. The standard InChI is InChI=1S/C25H33N3O4/c1-31-21-13-18-12-20(24(26)30)28(16-19(18)14-22(21)32-2)23(29)15-25(8-4-3-5-9-25)17-27-10-6-7-11-27/h6-7,10-11,13-14,20H,3-5,8-9,12,15-17H2,1-2H3,(H2,26,30)/t20-/m0/s1. The number of rotatable bonds is 7. The van der Waals surface area contributed by atoms with E-state index in [1.54, 1.807) is 19.1 Å². The van der Waals surface area contributed by atoms with Gasteiger partial charge in [-0.05, 0) is 53.6 Å². The molecule has 4 rings (SSSR count). The number of hydrogen-bond donors (Lipinski definition) is 1. The summed E-state index contributed by atoms with van der Waals surface area (Å²) in [6.45, 7) is 1.17. The summed E-state index contributed by atoms with van der Waals surface area (Å²) >= 11 is 0. The van der Waals surface area contributed by atoms with Crippen LogP contribution in [0.15, 0.2) is 36.7 Å². The van der Waals surface area contributed by atoms with Crippen LogP contribution < -0.4 is 15.2 Å². The van der Waals surface area contributed by atoms with Gasteiger partial charge in [0.2, 0.25) is 11.8 Å². The van der Waals surface area contributed by atoms with E-state index in [2.05, 4.69) is 17.0 Å². The van der Waals surface area contributed by atoms with Crippen molar-refractivity contribution in [2.24, 2.45) is 11.1 Å². The zero-order valence-corrected chi connectivity index (χ0v) is 19.0. The third-order valence-corrected chi connectivity index (χ3v) is 7.11. The molecule has 1 atom stereocenters. The molecule has 2 amide bonds. The third kappa shape index (κ3) is 4.47. The molecular weight excluding hydrogens is 406 g/mol. The van der Waals surface area contributed by atoms with E-state index in [9.17, 15) is 9.59 Å². The highest BCUT2D eigenvalue weighted by molar-refractivity contribution is 5.88. The van der Waals surface area contributed by atoms with Crippen molar-refractivity contribution in [2.45, 2.75) is 64.1 Å². The minimum Gasteiger partial charge on any atom is -0.493 e. The predicted molar refractivity (Wildman–Crippen MR) is 121 cm³/mol. The van der Waals surface area contributed by atoms with Crippen molar-refractivity contribution < 1.29 is 19.1 Å². The molecule has 0 unspecified atom stereocenters. The van der Waals surface area contributed by atoms with Crippen LogP contribution in [0.1, 0.15) is 49.7 Å². The molecule has 1 aromatic carbocycles. The van der Waals surface area contributed by atoms with Crippen LogP contribution in [0, 0.1) is 5.41 Å². The number of carbonyl (C=O) groups excluding carboxylic acids is 2. The van der Waals surface area contributed by atoms with Gasteiger partial charge < -0.3 is 24.7 Å². The Morgan fingerprint density at radius 2 is 1.66 bits per heavy atom. The third-order valence-electron chi connectivity index (χ3n) is 7.11. The Balaban J connectivity index is 1.60. The molecule has 1 aromatic heterocycles. The number of nitrogens with zero attached hydrogens (tertiary/aromatic N) is 2. The van der Waals surface area contributed by atoms with Gasteiger partial charge in [-0.15, -0.1) is 0 Å². The summed E-state index contributed by atoms with van der Waals surface area (Å²) in [6, 6.07) is 7.18. The molecule has 2 heterocycles. The van der Waals surface area contributed by atoms with Crippen LogP contribution in [0.3, 0.4) is 0 Å². The smallest absolute Gasteiger partial charge is 0.240 e. The number of aromatic nitrogens is 1. The largest absolute Gasteiger partial charge is 0.493 e. The van der Waals surface area contributed by atoms with Gasteiger partial charge in [0.25, 0.3) is 0 Å². The van der Waals surface area contributed by atoms with Crippen molar-refractivity contribution in [1.29, 1.82) is 0 Å². The average molecular weight is 440 g/mol. The molecule has 1 aliphatic heterocycles. The van der Waals surface area contributed by atoms with Gasteiger partial charge in [-0.1, -0.05) is 19.3 Å². The summed E-state index contributed by atoms with van der Waals surface area (Å²) < 4.78 is 13.0. The molecular formula is C25H33N3O4. The monoisotopic (exact) mass is 439 g/mol. The molecule has 2 N–H and O–H groups in total. The fourth-order valence-electron chi connectivity index (χ4n) is 5.41. The fourth-order valence-corrected chi connectivity index (χ4v) is 5.41. The second-order valence-corrected chi connectivity index (χ2v) is 9.21. The second kappa shape index (κ2) is 9.27. The van der Waals surface area contributed by atoms with Crippen LogP contribution in [0.4, 0.5) is 0 Å². The maximum Gasteiger partial charge on any atom is 0.240 e. The molecule has 0 radical (unpaired) electrons. The van der Waals surface area contributed by atoms with Gasteiger partial charge in [-0.3, -0.25) is 9.59 Å². The highest BCUT2D eigenvalue weighted by Crippen LogP contribution is 2.42. The summed E-state index contributed by atoms with van der Waals surface area (Å²) in [5.74, 6) is 0.764. The first-order valence-corrected chi connectivity index (χ1v) is 11.4. The molecule has 0 saturated heterocycles. The quantitative estimate of drug-likeness (QED) is 0.717. The Labute approximate surface area is 189 Å². The van der Waals surface area contributed by atoms with Crippen molar-refractivity contribution >= 4 is 11.8 Å². The van der Waals surface area contributed by atoms with E-state index in [1.165, 1.54) is 6.42 Å².